The Hall–Kier alpha value is -3.48. The Kier molecular flexibility index (Phi) is 4.72. The number of hydrogen-bond donors (Lipinski definition) is 0. The molecule has 0 saturated heterocycles. The predicted molar refractivity (Wildman–Crippen MR) is 138 cm³/mol. The zero-order valence-corrected chi connectivity index (χ0v) is 20.5. The van der Waals surface area contributed by atoms with Crippen molar-refractivity contribution < 1.29 is 9.59 Å². The van der Waals surface area contributed by atoms with E-state index in [1.165, 1.54) is 10.0 Å². The van der Waals surface area contributed by atoms with Crippen LogP contribution < -0.4 is 10.0 Å². The van der Waals surface area contributed by atoms with Crippen molar-refractivity contribution in [3.63, 3.8) is 0 Å². The summed E-state index contributed by atoms with van der Waals surface area (Å²) >= 11 is 12.6. The summed E-state index contributed by atoms with van der Waals surface area (Å²) in [5, 5.41) is 12.9. The average Bonchev–Trinajstić information content (AvgIpc) is 3.35. The van der Waals surface area contributed by atoms with Gasteiger partial charge in [-0.05, 0) is 55.8 Å². The first kappa shape index (κ1) is 22.0. The molecular formula is C27H20Cl2N4O2. The van der Waals surface area contributed by atoms with E-state index in [4.69, 9.17) is 23.2 Å². The largest absolute Gasteiger partial charge is 0.271 e. The van der Waals surface area contributed by atoms with Crippen LogP contribution in [0.15, 0.2) is 89.1 Å². The Labute approximate surface area is 212 Å². The molecule has 2 atom stereocenters. The molecule has 3 aliphatic rings. The summed E-state index contributed by atoms with van der Waals surface area (Å²) < 4.78 is 0. The molecule has 8 heteroatoms. The van der Waals surface area contributed by atoms with Crippen molar-refractivity contribution in [1.29, 1.82) is 0 Å². The highest BCUT2D eigenvalue weighted by Gasteiger charge is 2.91. The molecule has 3 aromatic rings. The highest BCUT2D eigenvalue weighted by molar-refractivity contribution is 6.42. The second kappa shape index (κ2) is 7.51. The standard InChI is InChI=1S/C27H20Cl2N4O2/c1-16-26(24(34)32(30-16)19-9-5-3-6-10-19)23(18-13-14-21(28)22(29)15-18)27(26)17(2)31-33(25(27)35)20-11-7-4-8-12-20/h3-15,23H,1-2H3/t26-,27-/m0/s1. The van der Waals surface area contributed by atoms with E-state index in [0.717, 1.165) is 5.56 Å². The van der Waals surface area contributed by atoms with Gasteiger partial charge in [0.05, 0.1) is 32.8 Å². The van der Waals surface area contributed by atoms with Crippen molar-refractivity contribution in [1.82, 2.24) is 0 Å². The quantitative estimate of drug-likeness (QED) is 0.446. The van der Waals surface area contributed by atoms with Crippen molar-refractivity contribution in [2.24, 2.45) is 21.0 Å². The molecule has 2 aliphatic heterocycles. The van der Waals surface area contributed by atoms with Crippen LogP contribution in [0.25, 0.3) is 0 Å². The molecule has 6 nitrogen and oxygen atoms in total. The van der Waals surface area contributed by atoms with Gasteiger partial charge < -0.3 is 0 Å². The van der Waals surface area contributed by atoms with Gasteiger partial charge in [0.1, 0.15) is 10.8 Å². The van der Waals surface area contributed by atoms with Gasteiger partial charge in [0.15, 0.2) is 0 Å². The van der Waals surface area contributed by atoms with E-state index >= 15 is 0 Å². The third-order valence-corrected chi connectivity index (χ3v) is 8.12. The molecule has 2 spiro atoms. The smallest absolute Gasteiger partial charge is 0.261 e. The van der Waals surface area contributed by atoms with Crippen molar-refractivity contribution >= 4 is 57.8 Å². The number of benzene rings is 3. The summed E-state index contributed by atoms with van der Waals surface area (Å²) in [5.74, 6) is -1.04. The fraction of sp³-hybridized carbons (Fsp3) is 0.185. The van der Waals surface area contributed by atoms with E-state index in [9.17, 15) is 9.59 Å². The van der Waals surface area contributed by atoms with E-state index in [0.29, 0.717) is 32.8 Å². The molecule has 174 valence electrons. The van der Waals surface area contributed by atoms with Crippen LogP contribution in [0.4, 0.5) is 11.4 Å². The van der Waals surface area contributed by atoms with Gasteiger partial charge in [-0.1, -0.05) is 65.7 Å². The maximum atomic E-state index is 14.3. The normalized spacial score (nSPS) is 27.1. The fourth-order valence-corrected chi connectivity index (χ4v) is 6.23. The summed E-state index contributed by atoms with van der Waals surface area (Å²) in [7, 11) is 0. The highest BCUT2D eigenvalue weighted by atomic mass is 35.5. The van der Waals surface area contributed by atoms with E-state index in [-0.39, 0.29) is 11.8 Å². The van der Waals surface area contributed by atoms with Gasteiger partial charge in [0.2, 0.25) is 0 Å². The van der Waals surface area contributed by atoms with Crippen molar-refractivity contribution in [3.8, 4) is 0 Å². The van der Waals surface area contributed by atoms with Crippen LogP contribution in [-0.2, 0) is 9.59 Å². The Balaban J connectivity index is 1.55. The minimum Gasteiger partial charge on any atom is -0.271 e. The average molecular weight is 503 g/mol. The lowest BCUT2D eigenvalue weighted by molar-refractivity contribution is -0.126. The van der Waals surface area contributed by atoms with Gasteiger partial charge in [-0.3, -0.25) is 9.59 Å². The molecule has 0 bridgehead atoms. The first-order valence-corrected chi connectivity index (χ1v) is 12.0. The van der Waals surface area contributed by atoms with Gasteiger partial charge in [-0.25, -0.2) is 0 Å². The summed E-state index contributed by atoms with van der Waals surface area (Å²) in [6, 6.07) is 23.7. The number of fused-ring (bicyclic) bond motifs is 1. The summed E-state index contributed by atoms with van der Waals surface area (Å²) in [4.78, 5) is 28.5. The van der Waals surface area contributed by atoms with Crippen molar-refractivity contribution in [3.05, 3.63) is 94.5 Å². The van der Waals surface area contributed by atoms with Gasteiger partial charge in [-0.2, -0.15) is 20.2 Å². The summed E-state index contributed by atoms with van der Waals surface area (Å²) in [6.07, 6.45) is 0. The zero-order chi connectivity index (χ0) is 24.5. The Morgan fingerprint density at radius 1 is 0.686 bits per heavy atom. The fourth-order valence-electron chi connectivity index (χ4n) is 5.92. The molecule has 2 heterocycles. The SMILES string of the molecule is CC1=NN(c2ccccc2)C(=O)[C@@]12C(c1ccc(Cl)c(Cl)c1)[C@@]21C(=O)N(c2ccccc2)N=C1C. The number of hydrogen-bond acceptors (Lipinski definition) is 4. The van der Waals surface area contributed by atoms with Crippen LogP contribution >= 0.6 is 23.2 Å². The first-order chi connectivity index (χ1) is 16.8. The van der Waals surface area contributed by atoms with Crippen LogP contribution in [-0.4, -0.2) is 23.2 Å². The number of halogens is 2. The molecule has 0 aromatic heterocycles. The van der Waals surface area contributed by atoms with Crippen molar-refractivity contribution in [2.45, 2.75) is 19.8 Å². The van der Waals surface area contributed by atoms with Gasteiger partial charge in [-0.15, -0.1) is 0 Å². The molecule has 2 amide bonds. The number of hydrazone groups is 2. The third-order valence-electron chi connectivity index (χ3n) is 7.38. The molecule has 1 fully saturated rings. The molecule has 1 aliphatic carbocycles. The van der Waals surface area contributed by atoms with Crippen molar-refractivity contribution in [2.75, 3.05) is 10.0 Å². The van der Waals surface area contributed by atoms with E-state index in [1.807, 2.05) is 80.6 Å². The van der Waals surface area contributed by atoms with E-state index in [1.54, 1.807) is 12.1 Å². The van der Waals surface area contributed by atoms with Gasteiger partial charge in [0.25, 0.3) is 11.8 Å². The predicted octanol–water partition coefficient (Wildman–Crippen LogP) is 5.91. The van der Waals surface area contributed by atoms with E-state index in [2.05, 4.69) is 10.2 Å². The molecular weight excluding hydrogens is 483 g/mol. The summed E-state index contributed by atoms with van der Waals surface area (Å²) in [6.45, 7) is 3.62. The molecule has 3 aromatic carbocycles. The number of anilines is 2. The molecule has 1 saturated carbocycles. The molecule has 0 N–H and O–H groups in total. The lowest BCUT2D eigenvalue weighted by Gasteiger charge is -2.18. The second-order valence-electron chi connectivity index (χ2n) is 9.00. The number of rotatable bonds is 3. The van der Waals surface area contributed by atoms with Gasteiger partial charge >= 0.3 is 0 Å². The number of amides is 2. The number of para-hydroxylation sites is 2. The molecule has 6 rings (SSSR count). The van der Waals surface area contributed by atoms with Crippen LogP contribution in [0.3, 0.4) is 0 Å². The van der Waals surface area contributed by atoms with Crippen LogP contribution in [0, 0.1) is 10.8 Å². The number of nitrogens with zero attached hydrogens (tertiary/aromatic N) is 4. The lowest BCUT2D eigenvalue weighted by atomic mass is 9.85. The number of carbonyl (C=O) groups excluding carboxylic acids is 2. The first-order valence-electron chi connectivity index (χ1n) is 11.2. The number of carbonyl (C=O) groups is 2. The Morgan fingerprint density at radius 3 is 1.57 bits per heavy atom. The molecule has 0 unspecified atom stereocenters. The van der Waals surface area contributed by atoms with E-state index < -0.39 is 16.7 Å². The molecule has 0 radical (unpaired) electrons. The minimum absolute atomic E-state index is 0.255. The third kappa shape index (κ3) is 2.66. The topological polar surface area (TPSA) is 65.3 Å². The maximum Gasteiger partial charge on any atom is 0.261 e. The van der Waals surface area contributed by atoms with Crippen LogP contribution in [0.1, 0.15) is 25.3 Å². The molecule has 35 heavy (non-hydrogen) atoms. The zero-order valence-electron chi connectivity index (χ0n) is 18.9. The van der Waals surface area contributed by atoms with Gasteiger partial charge in [0, 0.05) is 5.92 Å². The van der Waals surface area contributed by atoms with Crippen LogP contribution in [0.2, 0.25) is 10.0 Å². The monoisotopic (exact) mass is 502 g/mol. The lowest BCUT2D eigenvalue weighted by Crippen LogP contribution is -2.40. The summed E-state index contributed by atoms with van der Waals surface area (Å²) in [5.41, 5.74) is 0.741. The Bertz CT molecular complexity index is 1370. The van der Waals surface area contributed by atoms with Crippen LogP contribution in [0.5, 0.6) is 0 Å². The maximum absolute atomic E-state index is 14.3. The second-order valence-corrected chi connectivity index (χ2v) is 9.81. The highest BCUT2D eigenvalue weighted by Crippen LogP contribution is 2.79. The Morgan fingerprint density at radius 2 is 1.14 bits per heavy atom. The minimum atomic E-state index is -1.21.